The van der Waals surface area contributed by atoms with Crippen LogP contribution in [0.1, 0.15) is 11.4 Å². The number of nitrogens with zero attached hydrogens (tertiary/aromatic N) is 2. The maximum atomic E-state index is 9.83. The van der Waals surface area contributed by atoms with E-state index < -0.39 is 0 Å². The van der Waals surface area contributed by atoms with Crippen LogP contribution >= 0.6 is 21.6 Å². The van der Waals surface area contributed by atoms with Crippen molar-refractivity contribution in [1.82, 2.24) is 9.97 Å². The van der Waals surface area contributed by atoms with Gasteiger partial charge in [0.2, 0.25) is 0 Å². The van der Waals surface area contributed by atoms with Gasteiger partial charge in [0.05, 0.1) is 21.2 Å². The molecule has 0 aliphatic carbocycles. The molecule has 2 heterocycles. The molecule has 2 aromatic rings. The van der Waals surface area contributed by atoms with Crippen molar-refractivity contribution in [2.24, 2.45) is 0 Å². The summed E-state index contributed by atoms with van der Waals surface area (Å²) in [6, 6.07) is 3.48. The largest absolute Gasteiger partial charge is 0.505 e. The van der Waals surface area contributed by atoms with E-state index in [0.29, 0.717) is 11.4 Å². The van der Waals surface area contributed by atoms with E-state index in [-0.39, 0.29) is 11.5 Å². The van der Waals surface area contributed by atoms with Gasteiger partial charge in [-0.1, -0.05) is 0 Å². The molecule has 0 saturated carbocycles. The minimum atomic E-state index is 0.181. The lowest BCUT2D eigenvalue weighted by atomic mass is 10.3. The summed E-state index contributed by atoms with van der Waals surface area (Å²) >= 11 is 0. The molecule has 0 amide bonds. The van der Waals surface area contributed by atoms with E-state index >= 15 is 0 Å². The molecule has 0 fully saturated rings. The van der Waals surface area contributed by atoms with Crippen molar-refractivity contribution >= 4 is 21.6 Å². The van der Waals surface area contributed by atoms with Gasteiger partial charge >= 0.3 is 0 Å². The smallest absolute Gasteiger partial charge is 0.151 e. The Bertz CT molecular complexity index is 524. The summed E-state index contributed by atoms with van der Waals surface area (Å²) in [6.07, 6.45) is 3.30. The van der Waals surface area contributed by atoms with E-state index in [0.717, 1.165) is 9.79 Å². The molecule has 0 aliphatic rings. The van der Waals surface area contributed by atoms with Crippen LogP contribution in [-0.4, -0.2) is 20.2 Å². The summed E-state index contributed by atoms with van der Waals surface area (Å²) in [5, 5.41) is 19.7. The van der Waals surface area contributed by atoms with Crippen molar-refractivity contribution in [3.05, 3.63) is 35.9 Å². The molecule has 0 bridgehead atoms. The molecule has 0 unspecified atom stereocenters. The Labute approximate surface area is 113 Å². The van der Waals surface area contributed by atoms with Crippen LogP contribution in [-0.2, 0) is 0 Å². The SMILES string of the molecule is Cc1nccc(SSc2ccnc(C)c2O)c1O. The maximum absolute atomic E-state index is 9.83. The zero-order chi connectivity index (χ0) is 13.1. The first kappa shape index (κ1) is 13.0. The fourth-order valence-corrected chi connectivity index (χ4v) is 3.51. The summed E-state index contributed by atoms with van der Waals surface area (Å²) in [5.41, 5.74) is 1.19. The molecule has 6 heteroatoms. The number of hydrogen-bond acceptors (Lipinski definition) is 6. The summed E-state index contributed by atoms with van der Waals surface area (Å²) in [4.78, 5) is 9.44. The molecular formula is C12H12N2O2S2. The lowest BCUT2D eigenvalue weighted by Gasteiger charge is -2.07. The number of pyridine rings is 2. The molecule has 0 aliphatic heterocycles. The lowest BCUT2D eigenvalue weighted by Crippen LogP contribution is -1.84. The first-order valence-electron chi connectivity index (χ1n) is 5.23. The second-order valence-corrected chi connectivity index (χ2v) is 5.87. The molecule has 0 saturated heterocycles. The van der Waals surface area contributed by atoms with Crippen LogP contribution in [0, 0.1) is 13.8 Å². The van der Waals surface area contributed by atoms with Crippen LogP contribution in [0.2, 0.25) is 0 Å². The van der Waals surface area contributed by atoms with Crippen LogP contribution in [0.3, 0.4) is 0 Å². The molecule has 0 aromatic carbocycles. The van der Waals surface area contributed by atoms with Crippen LogP contribution in [0.15, 0.2) is 34.3 Å². The Morgan fingerprint density at radius 2 is 1.22 bits per heavy atom. The van der Waals surface area contributed by atoms with Gasteiger partial charge in [-0.15, -0.1) is 0 Å². The second-order valence-electron chi connectivity index (χ2n) is 3.65. The van der Waals surface area contributed by atoms with E-state index in [2.05, 4.69) is 9.97 Å². The predicted molar refractivity (Wildman–Crippen MR) is 73.0 cm³/mol. The van der Waals surface area contributed by atoms with Crippen molar-refractivity contribution in [3.63, 3.8) is 0 Å². The van der Waals surface area contributed by atoms with Crippen LogP contribution < -0.4 is 0 Å². The fraction of sp³-hybridized carbons (Fsp3) is 0.167. The minimum Gasteiger partial charge on any atom is -0.505 e. The van der Waals surface area contributed by atoms with Gasteiger partial charge in [0.1, 0.15) is 0 Å². The number of hydrogen-bond donors (Lipinski definition) is 2. The van der Waals surface area contributed by atoms with Gasteiger partial charge in [-0.2, -0.15) is 0 Å². The average Bonchev–Trinajstić information content (AvgIpc) is 2.36. The van der Waals surface area contributed by atoms with E-state index in [1.807, 2.05) is 0 Å². The normalized spacial score (nSPS) is 10.6. The first-order chi connectivity index (χ1) is 8.59. The maximum Gasteiger partial charge on any atom is 0.151 e. The fourth-order valence-electron chi connectivity index (χ4n) is 1.29. The molecule has 0 radical (unpaired) electrons. The highest BCUT2D eigenvalue weighted by atomic mass is 33.1. The summed E-state index contributed by atoms with van der Waals surface area (Å²) in [6.45, 7) is 3.50. The number of rotatable bonds is 3. The molecular weight excluding hydrogens is 268 g/mol. The van der Waals surface area contributed by atoms with E-state index in [9.17, 15) is 10.2 Å². The highest BCUT2D eigenvalue weighted by molar-refractivity contribution is 8.76. The predicted octanol–water partition coefficient (Wildman–Crippen LogP) is 3.30. The van der Waals surface area contributed by atoms with Gasteiger partial charge in [-0.05, 0) is 47.6 Å². The summed E-state index contributed by atoms with van der Waals surface area (Å²) in [7, 11) is 2.75. The number of aromatic hydroxyl groups is 2. The Kier molecular flexibility index (Phi) is 3.98. The Morgan fingerprint density at radius 3 is 1.61 bits per heavy atom. The third-order valence-corrected chi connectivity index (χ3v) is 4.79. The molecule has 18 heavy (non-hydrogen) atoms. The Hall–Kier alpha value is -1.40. The molecule has 0 atom stereocenters. The van der Waals surface area contributed by atoms with Crippen molar-refractivity contribution in [3.8, 4) is 11.5 Å². The third kappa shape index (κ3) is 2.70. The quantitative estimate of drug-likeness (QED) is 0.841. The van der Waals surface area contributed by atoms with Crippen LogP contribution in [0.4, 0.5) is 0 Å². The molecule has 4 nitrogen and oxygen atoms in total. The zero-order valence-corrected chi connectivity index (χ0v) is 11.5. The molecule has 2 rings (SSSR count). The van der Waals surface area contributed by atoms with Crippen molar-refractivity contribution in [1.29, 1.82) is 0 Å². The zero-order valence-electron chi connectivity index (χ0n) is 9.91. The Morgan fingerprint density at radius 1 is 0.833 bits per heavy atom. The second kappa shape index (κ2) is 5.49. The monoisotopic (exact) mass is 280 g/mol. The highest BCUT2D eigenvalue weighted by Gasteiger charge is 2.10. The number of aromatic nitrogens is 2. The van der Waals surface area contributed by atoms with Gasteiger partial charge in [-0.3, -0.25) is 9.97 Å². The van der Waals surface area contributed by atoms with Crippen LogP contribution in [0.25, 0.3) is 0 Å². The summed E-state index contributed by atoms with van der Waals surface area (Å²) in [5.74, 6) is 0.362. The van der Waals surface area contributed by atoms with Crippen molar-refractivity contribution in [2.45, 2.75) is 23.6 Å². The molecule has 2 N–H and O–H groups in total. The van der Waals surface area contributed by atoms with E-state index in [1.54, 1.807) is 38.4 Å². The molecule has 94 valence electrons. The molecule has 0 spiro atoms. The Balaban J connectivity index is 2.17. The van der Waals surface area contributed by atoms with Gasteiger partial charge in [0.25, 0.3) is 0 Å². The lowest BCUT2D eigenvalue weighted by molar-refractivity contribution is 0.453. The van der Waals surface area contributed by atoms with Gasteiger partial charge < -0.3 is 10.2 Å². The van der Waals surface area contributed by atoms with E-state index in [4.69, 9.17) is 0 Å². The third-order valence-electron chi connectivity index (χ3n) is 2.36. The standard InChI is InChI=1S/C12H12N2O2S2/c1-7-11(15)9(3-5-13-7)17-18-10-4-6-14-8(2)12(10)16/h3-6,15-16H,1-2H3. The van der Waals surface area contributed by atoms with Gasteiger partial charge in [-0.25, -0.2) is 0 Å². The van der Waals surface area contributed by atoms with Gasteiger partial charge in [0, 0.05) is 12.4 Å². The van der Waals surface area contributed by atoms with Gasteiger partial charge in [0.15, 0.2) is 11.5 Å². The van der Waals surface area contributed by atoms with Crippen molar-refractivity contribution < 1.29 is 10.2 Å². The average molecular weight is 280 g/mol. The minimum absolute atomic E-state index is 0.181. The van der Waals surface area contributed by atoms with E-state index in [1.165, 1.54) is 21.6 Å². The van der Waals surface area contributed by atoms with Crippen molar-refractivity contribution in [2.75, 3.05) is 0 Å². The topological polar surface area (TPSA) is 66.2 Å². The van der Waals surface area contributed by atoms with Crippen LogP contribution in [0.5, 0.6) is 11.5 Å². The number of aryl methyl sites for hydroxylation is 2. The first-order valence-corrected chi connectivity index (χ1v) is 7.38. The highest BCUT2D eigenvalue weighted by Crippen LogP contribution is 2.44. The summed E-state index contributed by atoms with van der Waals surface area (Å²) < 4.78 is 0. The molecule has 2 aromatic heterocycles.